The second-order valence-corrected chi connectivity index (χ2v) is 10.5. The van der Waals surface area contributed by atoms with Gasteiger partial charge in [0.05, 0.1) is 16.8 Å². The molecule has 2 fully saturated rings. The van der Waals surface area contributed by atoms with Gasteiger partial charge in [-0.2, -0.15) is 0 Å². The quantitative estimate of drug-likeness (QED) is 0.794. The zero-order chi connectivity index (χ0) is 15.0. The van der Waals surface area contributed by atoms with Crippen molar-refractivity contribution in [1.29, 1.82) is 0 Å². The van der Waals surface area contributed by atoms with E-state index in [1.807, 2.05) is 0 Å². The summed E-state index contributed by atoms with van der Waals surface area (Å²) in [7, 11) is -4.91. The number of nitrogens with zero attached hydrogens (tertiary/aromatic N) is 1. The molecule has 2 aliphatic rings. The van der Waals surface area contributed by atoms with Crippen LogP contribution in [0.2, 0.25) is 0 Å². The molecular formula is C12H24N2O4S2. The van der Waals surface area contributed by atoms with Crippen molar-refractivity contribution in [3.63, 3.8) is 0 Å². The van der Waals surface area contributed by atoms with Crippen molar-refractivity contribution in [1.82, 2.24) is 4.31 Å². The van der Waals surface area contributed by atoms with Gasteiger partial charge in [-0.3, -0.25) is 0 Å². The molecule has 1 heterocycles. The highest BCUT2D eigenvalue weighted by molar-refractivity contribution is 7.92. The maximum atomic E-state index is 12.6. The summed E-state index contributed by atoms with van der Waals surface area (Å²) in [4.78, 5) is 0. The lowest BCUT2D eigenvalue weighted by atomic mass is 9.91. The average Bonchev–Trinajstić information content (AvgIpc) is 2.38. The molecule has 0 amide bonds. The fraction of sp³-hybridized carbons (Fsp3) is 1.00. The first-order valence-electron chi connectivity index (χ1n) is 7.17. The van der Waals surface area contributed by atoms with Crippen LogP contribution >= 0.6 is 0 Å². The average molecular weight is 324 g/mol. The number of nitrogens with two attached hydrogens (primary N) is 1. The van der Waals surface area contributed by atoms with Crippen molar-refractivity contribution in [2.45, 2.75) is 55.9 Å². The Morgan fingerprint density at radius 1 is 1.05 bits per heavy atom. The molecule has 0 spiro atoms. The Morgan fingerprint density at radius 3 is 2.15 bits per heavy atom. The molecule has 2 unspecified atom stereocenters. The van der Waals surface area contributed by atoms with E-state index in [2.05, 4.69) is 0 Å². The number of hydrogen-bond donors (Lipinski definition) is 1. The van der Waals surface area contributed by atoms with Gasteiger partial charge in [0.2, 0.25) is 10.0 Å². The Labute approximate surface area is 121 Å². The largest absolute Gasteiger partial charge is 0.326 e. The Hall–Kier alpha value is -0.180. The number of sulfone groups is 1. The van der Waals surface area contributed by atoms with Crippen LogP contribution in [0.15, 0.2) is 0 Å². The van der Waals surface area contributed by atoms with Gasteiger partial charge in [0.25, 0.3) is 0 Å². The van der Waals surface area contributed by atoms with Crippen LogP contribution in [0.3, 0.4) is 0 Å². The summed E-state index contributed by atoms with van der Waals surface area (Å²) in [6.45, 7) is 0. The molecule has 8 heteroatoms. The first-order valence-corrected chi connectivity index (χ1v) is 10.5. The molecule has 1 aliphatic carbocycles. The van der Waals surface area contributed by atoms with Crippen molar-refractivity contribution in [3.8, 4) is 0 Å². The maximum absolute atomic E-state index is 12.6. The predicted octanol–water partition coefficient (Wildman–Crippen LogP) is 0.0951. The fourth-order valence-electron chi connectivity index (χ4n) is 3.18. The van der Waals surface area contributed by atoms with E-state index >= 15 is 0 Å². The minimum absolute atomic E-state index is 0.0263. The van der Waals surface area contributed by atoms with Gasteiger partial charge in [0.15, 0.2) is 0 Å². The summed E-state index contributed by atoms with van der Waals surface area (Å²) in [6, 6.07) is -0.261. The first kappa shape index (κ1) is 16.2. The molecule has 0 radical (unpaired) electrons. The SMILES string of the molecule is CN(C1CCCCC1N)S(=O)(=O)C1CCS(=O)(=O)CC1. The third-order valence-electron chi connectivity index (χ3n) is 4.57. The normalized spacial score (nSPS) is 32.4. The van der Waals surface area contributed by atoms with Crippen molar-refractivity contribution in [2.24, 2.45) is 5.73 Å². The summed E-state index contributed by atoms with van der Waals surface area (Å²) in [5.41, 5.74) is 6.05. The molecule has 1 saturated heterocycles. The lowest BCUT2D eigenvalue weighted by Gasteiger charge is -2.37. The minimum Gasteiger partial charge on any atom is -0.326 e. The highest BCUT2D eigenvalue weighted by atomic mass is 32.2. The van der Waals surface area contributed by atoms with Crippen LogP contribution < -0.4 is 5.73 Å². The van der Waals surface area contributed by atoms with Crippen molar-refractivity contribution >= 4 is 19.9 Å². The van der Waals surface area contributed by atoms with E-state index in [9.17, 15) is 16.8 Å². The van der Waals surface area contributed by atoms with Crippen molar-refractivity contribution in [2.75, 3.05) is 18.6 Å². The highest BCUT2D eigenvalue weighted by Crippen LogP contribution is 2.28. The fourth-order valence-corrected chi connectivity index (χ4v) is 6.91. The Bertz CT molecular complexity index is 530. The van der Waals surface area contributed by atoms with E-state index in [1.165, 1.54) is 4.31 Å². The molecule has 20 heavy (non-hydrogen) atoms. The lowest BCUT2D eigenvalue weighted by Crippen LogP contribution is -2.53. The van der Waals surface area contributed by atoms with Gasteiger partial charge in [-0.25, -0.2) is 21.1 Å². The lowest BCUT2D eigenvalue weighted by molar-refractivity contribution is 0.249. The molecule has 2 rings (SSSR count). The minimum atomic E-state index is -3.46. The maximum Gasteiger partial charge on any atom is 0.217 e. The van der Waals surface area contributed by atoms with Crippen LogP contribution in [0.4, 0.5) is 0 Å². The van der Waals surface area contributed by atoms with Gasteiger partial charge in [-0.15, -0.1) is 0 Å². The van der Waals surface area contributed by atoms with Gasteiger partial charge in [0.1, 0.15) is 9.84 Å². The summed E-state index contributed by atoms with van der Waals surface area (Å²) < 4.78 is 49.5. The van der Waals surface area contributed by atoms with Gasteiger partial charge >= 0.3 is 0 Å². The Kier molecular flexibility index (Phi) is 4.78. The molecule has 0 aromatic heterocycles. The first-order chi connectivity index (χ1) is 9.24. The van der Waals surface area contributed by atoms with Crippen LogP contribution in [-0.4, -0.2) is 57.0 Å². The second kappa shape index (κ2) is 5.90. The molecule has 1 aliphatic heterocycles. The molecule has 0 aromatic rings. The third-order valence-corrected chi connectivity index (χ3v) is 8.68. The summed E-state index contributed by atoms with van der Waals surface area (Å²) >= 11 is 0. The monoisotopic (exact) mass is 324 g/mol. The van der Waals surface area contributed by atoms with Crippen LogP contribution in [-0.2, 0) is 19.9 Å². The molecule has 2 N–H and O–H groups in total. The van der Waals surface area contributed by atoms with Crippen LogP contribution in [0.1, 0.15) is 38.5 Å². The summed E-state index contributed by atoms with van der Waals surface area (Å²) in [6.07, 6.45) is 4.10. The zero-order valence-corrected chi connectivity index (χ0v) is 13.5. The predicted molar refractivity (Wildman–Crippen MR) is 78.6 cm³/mol. The second-order valence-electron chi connectivity index (χ2n) is 5.93. The van der Waals surface area contributed by atoms with E-state index in [0.29, 0.717) is 0 Å². The van der Waals surface area contributed by atoms with Gasteiger partial charge < -0.3 is 5.73 Å². The van der Waals surface area contributed by atoms with E-state index < -0.39 is 25.1 Å². The summed E-state index contributed by atoms with van der Waals surface area (Å²) in [5, 5.41) is -0.579. The van der Waals surface area contributed by atoms with E-state index in [-0.39, 0.29) is 36.4 Å². The Morgan fingerprint density at radius 2 is 1.60 bits per heavy atom. The Balaban J connectivity index is 2.09. The molecule has 1 saturated carbocycles. The van der Waals surface area contributed by atoms with E-state index in [1.54, 1.807) is 7.05 Å². The van der Waals surface area contributed by atoms with Gasteiger partial charge in [-0.05, 0) is 25.7 Å². The summed E-state index contributed by atoms with van der Waals surface area (Å²) in [5.74, 6) is -0.0527. The van der Waals surface area contributed by atoms with Crippen LogP contribution in [0.25, 0.3) is 0 Å². The number of hydrogen-bond acceptors (Lipinski definition) is 5. The molecule has 6 nitrogen and oxygen atoms in total. The number of rotatable bonds is 3. The zero-order valence-electron chi connectivity index (χ0n) is 11.9. The smallest absolute Gasteiger partial charge is 0.217 e. The standard InChI is InChI=1S/C12H24N2O4S2/c1-14(12-5-3-2-4-11(12)13)20(17,18)10-6-8-19(15,16)9-7-10/h10-12H,2-9,13H2,1H3. The number of likely N-dealkylation sites (N-methyl/N-ethyl adjacent to an activating group) is 1. The molecular weight excluding hydrogens is 300 g/mol. The topological polar surface area (TPSA) is 97.5 Å². The van der Waals surface area contributed by atoms with Crippen molar-refractivity contribution < 1.29 is 16.8 Å². The van der Waals surface area contributed by atoms with Gasteiger partial charge in [0, 0.05) is 19.1 Å². The van der Waals surface area contributed by atoms with Crippen molar-refractivity contribution in [3.05, 3.63) is 0 Å². The van der Waals surface area contributed by atoms with E-state index in [0.717, 1.165) is 25.7 Å². The third kappa shape index (κ3) is 3.35. The molecule has 118 valence electrons. The van der Waals surface area contributed by atoms with Gasteiger partial charge in [-0.1, -0.05) is 12.8 Å². The van der Waals surface area contributed by atoms with E-state index in [4.69, 9.17) is 5.73 Å². The highest BCUT2D eigenvalue weighted by Gasteiger charge is 2.39. The molecule has 2 atom stereocenters. The van der Waals surface area contributed by atoms with Crippen LogP contribution in [0, 0.1) is 0 Å². The molecule has 0 bridgehead atoms. The molecule has 0 aromatic carbocycles. The van der Waals surface area contributed by atoms with Crippen LogP contribution in [0.5, 0.6) is 0 Å². The number of sulfonamides is 1.